The maximum atomic E-state index is 14.0. The maximum Gasteiger partial charge on any atom is 0.241 e. The van der Waals surface area contributed by atoms with E-state index in [1.54, 1.807) is 0 Å². The van der Waals surface area contributed by atoms with Gasteiger partial charge in [-0.3, -0.25) is 24.1 Å². The van der Waals surface area contributed by atoms with E-state index in [9.17, 15) is 19.2 Å². The molecule has 3 aliphatic heterocycles. The molecule has 4 fully saturated rings. The van der Waals surface area contributed by atoms with E-state index < -0.39 is 5.41 Å². The molecule has 1 aromatic rings. The molecule has 0 N–H and O–H groups in total. The molecule has 3 saturated heterocycles. The predicted molar refractivity (Wildman–Crippen MR) is 136 cm³/mol. The Morgan fingerprint density at radius 3 is 2.19 bits per heavy atom. The summed E-state index contributed by atoms with van der Waals surface area (Å²) in [4.78, 5) is 59.2. The Morgan fingerprint density at radius 2 is 1.53 bits per heavy atom. The van der Waals surface area contributed by atoms with Crippen molar-refractivity contribution >= 4 is 23.6 Å². The molecule has 0 aromatic heterocycles. The maximum absolute atomic E-state index is 14.0. The van der Waals surface area contributed by atoms with Crippen LogP contribution in [0.4, 0.5) is 0 Å². The van der Waals surface area contributed by atoms with E-state index in [-0.39, 0.29) is 48.4 Å². The Hall–Kier alpha value is -2.70. The van der Waals surface area contributed by atoms with Crippen LogP contribution < -0.4 is 0 Å². The van der Waals surface area contributed by atoms with Crippen molar-refractivity contribution in [2.75, 3.05) is 26.2 Å². The lowest BCUT2D eigenvalue weighted by Crippen LogP contribution is -2.49. The predicted octanol–water partition coefficient (Wildman–Crippen LogP) is 3.58. The number of aryl methyl sites for hydroxylation is 1. The van der Waals surface area contributed by atoms with Crippen LogP contribution in [0, 0.1) is 12.8 Å². The third-order valence-corrected chi connectivity index (χ3v) is 9.02. The summed E-state index contributed by atoms with van der Waals surface area (Å²) >= 11 is 0. The smallest absolute Gasteiger partial charge is 0.241 e. The summed E-state index contributed by atoms with van der Waals surface area (Å²) in [6.07, 6.45) is 8.52. The quantitative estimate of drug-likeness (QED) is 0.588. The number of carbonyl (C=O) groups excluding carboxylic acids is 4. The van der Waals surface area contributed by atoms with Crippen LogP contribution in [0.15, 0.2) is 24.3 Å². The SMILES string of the molecule is Cc1ccccc1C1(CC(=O)N2CCC(C(=O)N3CCCCC3)CC2)CC(=O)N(C2CCCC2)C1=O. The van der Waals surface area contributed by atoms with Gasteiger partial charge in [-0.15, -0.1) is 0 Å². The fourth-order valence-electron chi connectivity index (χ4n) is 6.97. The van der Waals surface area contributed by atoms with Crippen molar-refractivity contribution in [1.82, 2.24) is 14.7 Å². The van der Waals surface area contributed by atoms with Gasteiger partial charge in [0.25, 0.3) is 0 Å². The zero-order chi connectivity index (χ0) is 25.3. The normalized spacial score (nSPS) is 26.2. The Bertz CT molecular complexity index is 1020. The summed E-state index contributed by atoms with van der Waals surface area (Å²) in [6, 6.07) is 7.64. The van der Waals surface area contributed by atoms with Gasteiger partial charge < -0.3 is 9.80 Å². The summed E-state index contributed by atoms with van der Waals surface area (Å²) in [5.74, 6) is -0.213. The fraction of sp³-hybridized carbons (Fsp3) is 0.655. The number of hydrogen-bond acceptors (Lipinski definition) is 4. The number of piperidine rings is 2. The molecule has 4 aliphatic rings. The molecule has 194 valence electrons. The van der Waals surface area contributed by atoms with Crippen LogP contribution in [0.25, 0.3) is 0 Å². The lowest BCUT2D eigenvalue weighted by Gasteiger charge is -2.37. The van der Waals surface area contributed by atoms with Crippen LogP contribution in [-0.2, 0) is 24.6 Å². The van der Waals surface area contributed by atoms with Crippen molar-refractivity contribution in [3.05, 3.63) is 35.4 Å². The van der Waals surface area contributed by atoms with E-state index in [1.165, 1.54) is 11.3 Å². The van der Waals surface area contributed by atoms with Gasteiger partial charge in [-0.05, 0) is 63.0 Å². The molecule has 5 rings (SSSR count). The number of carbonyl (C=O) groups is 4. The second-order valence-corrected chi connectivity index (χ2v) is 11.3. The van der Waals surface area contributed by atoms with E-state index in [4.69, 9.17) is 0 Å². The van der Waals surface area contributed by atoms with Crippen molar-refractivity contribution in [1.29, 1.82) is 0 Å². The molecule has 1 atom stereocenters. The molecule has 0 radical (unpaired) electrons. The van der Waals surface area contributed by atoms with Crippen molar-refractivity contribution in [2.24, 2.45) is 5.92 Å². The first-order chi connectivity index (χ1) is 17.4. The number of rotatable bonds is 5. The molecule has 1 aromatic carbocycles. The van der Waals surface area contributed by atoms with Crippen molar-refractivity contribution in [2.45, 2.75) is 89.0 Å². The Kier molecular flexibility index (Phi) is 7.18. The standard InChI is InChI=1S/C29H39N3O4/c1-21-9-3-6-12-24(21)29(20-26(34)32(28(29)36)23-10-4-5-11-23)19-25(33)30-17-13-22(14-18-30)27(35)31-15-7-2-8-16-31/h3,6,9,12,22-23H,2,4-5,7-8,10-11,13-20H2,1H3. The van der Waals surface area contributed by atoms with Crippen LogP contribution in [0.5, 0.6) is 0 Å². The average Bonchev–Trinajstić information content (AvgIpc) is 3.50. The van der Waals surface area contributed by atoms with Gasteiger partial charge in [0.1, 0.15) is 0 Å². The van der Waals surface area contributed by atoms with E-state index in [0.717, 1.165) is 62.7 Å². The van der Waals surface area contributed by atoms with Gasteiger partial charge >= 0.3 is 0 Å². The lowest BCUT2D eigenvalue weighted by molar-refractivity contribution is -0.145. The van der Waals surface area contributed by atoms with Gasteiger partial charge in [0.2, 0.25) is 23.6 Å². The molecule has 3 heterocycles. The zero-order valence-corrected chi connectivity index (χ0v) is 21.5. The second-order valence-electron chi connectivity index (χ2n) is 11.3. The summed E-state index contributed by atoms with van der Waals surface area (Å²) in [6.45, 7) is 4.72. The fourth-order valence-corrected chi connectivity index (χ4v) is 6.97. The van der Waals surface area contributed by atoms with Gasteiger partial charge in [0.05, 0.1) is 5.41 Å². The van der Waals surface area contributed by atoms with Gasteiger partial charge in [0.15, 0.2) is 0 Å². The highest BCUT2D eigenvalue weighted by atomic mass is 16.2. The first kappa shape index (κ1) is 25.0. The molecule has 4 amide bonds. The van der Waals surface area contributed by atoms with Crippen LogP contribution >= 0.6 is 0 Å². The lowest BCUT2D eigenvalue weighted by atomic mass is 9.73. The minimum Gasteiger partial charge on any atom is -0.343 e. The first-order valence-electron chi connectivity index (χ1n) is 13.9. The van der Waals surface area contributed by atoms with Crippen LogP contribution in [0.2, 0.25) is 0 Å². The Morgan fingerprint density at radius 1 is 0.861 bits per heavy atom. The average molecular weight is 494 g/mol. The summed E-state index contributed by atoms with van der Waals surface area (Å²) < 4.78 is 0. The summed E-state index contributed by atoms with van der Waals surface area (Å²) in [7, 11) is 0. The van der Waals surface area contributed by atoms with E-state index in [2.05, 4.69) is 0 Å². The van der Waals surface area contributed by atoms with E-state index in [1.807, 2.05) is 41.0 Å². The van der Waals surface area contributed by atoms with Crippen molar-refractivity contribution in [3.8, 4) is 0 Å². The van der Waals surface area contributed by atoms with Gasteiger partial charge in [0, 0.05) is 51.0 Å². The molecule has 0 spiro atoms. The zero-order valence-electron chi connectivity index (χ0n) is 21.5. The van der Waals surface area contributed by atoms with E-state index >= 15 is 0 Å². The number of amides is 4. The third kappa shape index (κ3) is 4.57. The molecule has 1 aliphatic carbocycles. The third-order valence-electron chi connectivity index (χ3n) is 9.02. The summed E-state index contributed by atoms with van der Waals surface area (Å²) in [5, 5.41) is 0. The van der Waals surface area contributed by atoms with Crippen molar-refractivity contribution < 1.29 is 19.2 Å². The minimum absolute atomic E-state index is 0.0103. The molecular formula is C29H39N3O4. The highest BCUT2D eigenvalue weighted by Crippen LogP contribution is 2.44. The highest BCUT2D eigenvalue weighted by molar-refractivity contribution is 6.11. The monoisotopic (exact) mass is 493 g/mol. The molecule has 7 nitrogen and oxygen atoms in total. The molecule has 1 saturated carbocycles. The largest absolute Gasteiger partial charge is 0.343 e. The Balaban J connectivity index is 1.32. The van der Waals surface area contributed by atoms with Crippen LogP contribution in [0.1, 0.15) is 81.8 Å². The molecule has 7 heteroatoms. The van der Waals surface area contributed by atoms with Crippen molar-refractivity contribution in [3.63, 3.8) is 0 Å². The number of nitrogens with zero attached hydrogens (tertiary/aromatic N) is 3. The molecule has 1 unspecified atom stereocenters. The number of benzene rings is 1. The van der Waals surface area contributed by atoms with Gasteiger partial charge in [-0.2, -0.15) is 0 Å². The number of likely N-dealkylation sites (tertiary alicyclic amines) is 3. The molecule has 0 bridgehead atoms. The topological polar surface area (TPSA) is 78.0 Å². The van der Waals surface area contributed by atoms with Crippen LogP contribution in [0.3, 0.4) is 0 Å². The minimum atomic E-state index is -1.14. The molecule has 36 heavy (non-hydrogen) atoms. The summed E-state index contributed by atoms with van der Waals surface area (Å²) in [5.41, 5.74) is 0.598. The highest BCUT2D eigenvalue weighted by Gasteiger charge is 2.56. The number of hydrogen-bond donors (Lipinski definition) is 0. The van der Waals surface area contributed by atoms with E-state index in [0.29, 0.717) is 25.9 Å². The number of imide groups is 1. The van der Waals surface area contributed by atoms with Gasteiger partial charge in [-0.1, -0.05) is 37.1 Å². The van der Waals surface area contributed by atoms with Crippen LogP contribution in [-0.4, -0.2) is 70.5 Å². The molecular weight excluding hydrogens is 454 g/mol. The van der Waals surface area contributed by atoms with Gasteiger partial charge in [-0.25, -0.2) is 0 Å². The second kappa shape index (κ2) is 10.3. The first-order valence-corrected chi connectivity index (χ1v) is 13.9. The Labute approximate surface area is 214 Å².